The summed E-state index contributed by atoms with van der Waals surface area (Å²) in [5.41, 5.74) is 2.99. The molecule has 0 fully saturated rings. The lowest BCUT2D eigenvalue weighted by atomic mass is 10.0. The van der Waals surface area contributed by atoms with Crippen molar-refractivity contribution in [1.82, 2.24) is 4.90 Å². The van der Waals surface area contributed by atoms with Gasteiger partial charge in [-0.2, -0.15) is 0 Å². The fourth-order valence-corrected chi connectivity index (χ4v) is 4.56. The van der Waals surface area contributed by atoms with Crippen LogP contribution < -0.4 is 19.5 Å². The van der Waals surface area contributed by atoms with Crippen LogP contribution >= 0.6 is 0 Å². The van der Waals surface area contributed by atoms with Gasteiger partial charge < -0.3 is 24.4 Å². The lowest BCUT2D eigenvalue weighted by Gasteiger charge is -2.32. The van der Waals surface area contributed by atoms with Crippen molar-refractivity contribution in [3.05, 3.63) is 83.4 Å². The van der Waals surface area contributed by atoms with Crippen molar-refractivity contribution in [3.63, 3.8) is 0 Å². The highest BCUT2D eigenvalue weighted by Gasteiger charge is 2.34. The minimum atomic E-state index is -0.559. The van der Waals surface area contributed by atoms with Crippen molar-refractivity contribution in [2.45, 2.75) is 45.4 Å². The lowest BCUT2D eigenvalue weighted by molar-refractivity contribution is -0.141. The Hall–Kier alpha value is -4.00. The monoisotopic (exact) mass is 488 g/mol. The second-order valence-electron chi connectivity index (χ2n) is 8.66. The van der Waals surface area contributed by atoms with E-state index in [-0.39, 0.29) is 17.9 Å². The van der Waals surface area contributed by atoms with Gasteiger partial charge in [-0.3, -0.25) is 9.59 Å². The molecule has 1 heterocycles. The van der Waals surface area contributed by atoms with Crippen LogP contribution in [0.5, 0.6) is 17.2 Å². The van der Waals surface area contributed by atoms with E-state index in [0.29, 0.717) is 41.5 Å². The van der Waals surface area contributed by atoms with Crippen LogP contribution in [-0.4, -0.2) is 37.0 Å². The van der Waals surface area contributed by atoms with Gasteiger partial charge in [-0.15, -0.1) is 0 Å². The summed E-state index contributed by atoms with van der Waals surface area (Å²) in [6.07, 6.45) is 0.783. The molecular weight excluding hydrogens is 456 g/mol. The zero-order valence-electron chi connectivity index (χ0n) is 21.1. The SMILES string of the molecule is CC[C@H]1Oc2ccc(NC(=O)c3ccc(OC)c(OC)c3)cc2CN([C@@H](CC)c2ccccc2)C1=O. The minimum Gasteiger partial charge on any atom is -0.493 e. The van der Waals surface area contributed by atoms with E-state index < -0.39 is 6.10 Å². The molecule has 3 aromatic carbocycles. The van der Waals surface area contributed by atoms with Gasteiger partial charge in [-0.25, -0.2) is 0 Å². The molecule has 7 nitrogen and oxygen atoms in total. The first-order chi connectivity index (χ1) is 17.5. The quantitative estimate of drug-likeness (QED) is 0.446. The number of carbonyl (C=O) groups is 2. The zero-order chi connectivity index (χ0) is 25.7. The first-order valence-corrected chi connectivity index (χ1v) is 12.2. The normalized spacial score (nSPS) is 15.8. The smallest absolute Gasteiger partial charge is 0.264 e. The Labute approximate surface area is 212 Å². The molecule has 1 aliphatic heterocycles. The van der Waals surface area contributed by atoms with E-state index in [0.717, 1.165) is 17.5 Å². The molecule has 0 unspecified atom stereocenters. The van der Waals surface area contributed by atoms with Crippen molar-refractivity contribution in [1.29, 1.82) is 0 Å². The number of fused-ring (bicyclic) bond motifs is 1. The summed E-state index contributed by atoms with van der Waals surface area (Å²) >= 11 is 0. The van der Waals surface area contributed by atoms with Crippen LogP contribution in [0.2, 0.25) is 0 Å². The summed E-state index contributed by atoms with van der Waals surface area (Å²) in [6, 6.07) is 20.5. The van der Waals surface area contributed by atoms with Gasteiger partial charge in [0.05, 0.1) is 26.8 Å². The molecule has 0 radical (unpaired) electrons. The molecule has 0 aromatic heterocycles. The Balaban J connectivity index is 1.63. The van der Waals surface area contributed by atoms with Crippen LogP contribution in [0.4, 0.5) is 5.69 Å². The maximum absolute atomic E-state index is 13.5. The highest BCUT2D eigenvalue weighted by atomic mass is 16.5. The van der Waals surface area contributed by atoms with E-state index in [1.807, 2.05) is 42.2 Å². The van der Waals surface area contributed by atoms with E-state index in [1.165, 1.54) is 7.11 Å². The topological polar surface area (TPSA) is 77.1 Å². The van der Waals surface area contributed by atoms with Crippen molar-refractivity contribution < 1.29 is 23.8 Å². The Bertz CT molecular complexity index is 1230. The molecule has 0 aliphatic carbocycles. The van der Waals surface area contributed by atoms with E-state index in [2.05, 4.69) is 24.4 Å². The predicted octanol–water partition coefficient (Wildman–Crippen LogP) is 5.61. The molecule has 4 rings (SSSR count). The number of nitrogens with one attached hydrogen (secondary N) is 1. The Morgan fingerprint density at radius 2 is 1.78 bits per heavy atom. The summed E-state index contributed by atoms with van der Waals surface area (Å²) in [4.78, 5) is 28.4. The Kier molecular flexibility index (Phi) is 7.78. The van der Waals surface area contributed by atoms with Gasteiger partial charge in [0.1, 0.15) is 5.75 Å². The van der Waals surface area contributed by atoms with Crippen LogP contribution in [0.3, 0.4) is 0 Å². The summed E-state index contributed by atoms with van der Waals surface area (Å²) in [5.74, 6) is 1.38. The van der Waals surface area contributed by atoms with Crippen molar-refractivity contribution >= 4 is 17.5 Å². The molecule has 0 saturated heterocycles. The van der Waals surface area contributed by atoms with Gasteiger partial charge in [0.2, 0.25) is 0 Å². The van der Waals surface area contributed by atoms with Crippen LogP contribution in [0.15, 0.2) is 66.7 Å². The molecule has 3 aromatic rings. The van der Waals surface area contributed by atoms with Crippen molar-refractivity contribution in [3.8, 4) is 17.2 Å². The van der Waals surface area contributed by atoms with Gasteiger partial charge in [0.15, 0.2) is 17.6 Å². The maximum atomic E-state index is 13.5. The average molecular weight is 489 g/mol. The summed E-state index contributed by atoms with van der Waals surface area (Å²) in [7, 11) is 3.08. The number of hydrogen-bond donors (Lipinski definition) is 1. The first kappa shape index (κ1) is 25.1. The molecule has 2 amide bonds. The maximum Gasteiger partial charge on any atom is 0.264 e. The number of benzene rings is 3. The van der Waals surface area contributed by atoms with Gasteiger partial charge >= 0.3 is 0 Å². The average Bonchev–Trinajstić information content (AvgIpc) is 3.05. The number of amides is 2. The van der Waals surface area contributed by atoms with Gasteiger partial charge in [-0.1, -0.05) is 44.2 Å². The highest BCUT2D eigenvalue weighted by Crippen LogP contribution is 2.35. The van der Waals surface area contributed by atoms with E-state index in [1.54, 1.807) is 31.4 Å². The standard InChI is InChI=1S/C29H32N2O5/c1-5-23(19-10-8-7-9-11-19)31-18-21-16-22(13-15-25(21)36-24(6-2)29(31)33)30-28(32)20-12-14-26(34-3)27(17-20)35-4/h7-17,23-24H,5-6,18H2,1-4H3,(H,30,32)/t23-,24+/m0/s1. The molecule has 2 atom stereocenters. The number of ether oxygens (including phenoxy) is 3. The number of hydrogen-bond acceptors (Lipinski definition) is 5. The first-order valence-electron chi connectivity index (χ1n) is 12.2. The van der Waals surface area contributed by atoms with Crippen molar-refractivity contribution in [2.24, 2.45) is 0 Å². The fraction of sp³-hybridized carbons (Fsp3) is 0.310. The third-order valence-electron chi connectivity index (χ3n) is 6.45. The molecule has 0 saturated carbocycles. The largest absolute Gasteiger partial charge is 0.493 e. The second-order valence-corrected chi connectivity index (χ2v) is 8.66. The fourth-order valence-electron chi connectivity index (χ4n) is 4.56. The number of carbonyl (C=O) groups excluding carboxylic acids is 2. The van der Waals surface area contributed by atoms with Crippen molar-refractivity contribution in [2.75, 3.05) is 19.5 Å². The Morgan fingerprint density at radius 3 is 2.44 bits per heavy atom. The molecule has 7 heteroatoms. The number of anilines is 1. The van der Waals surface area contributed by atoms with Crippen LogP contribution in [-0.2, 0) is 11.3 Å². The molecule has 1 aliphatic rings. The Morgan fingerprint density at radius 1 is 1.03 bits per heavy atom. The van der Waals surface area contributed by atoms with Crippen LogP contribution in [0, 0.1) is 0 Å². The summed E-state index contributed by atoms with van der Waals surface area (Å²) in [6.45, 7) is 4.42. The molecule has 36 heavy (non-hydrogen) atoms. The second kappa shape index (κ2) is 11.2. The third-order valence-corrected chi connectivity index (χ3v) is 6.45. The number of nitrogens with zero attached hydrogens (tertiary/aromatic N) is 1. The van der Waals surface area contributed by atoms with Gasteiger partial charge in [0, 0.05) is 16.8 Å². The summed E-state index contributed by atoms with van der Waals surface area (Å²) < 4.78 is 16.7. The van der Waals surface area contributed by atoms with Gasteiger partial charge in [0.25, 0.3) is 11.8 Å². The molecule has 1 N–H and O–H groups in total. The highest BCUT2D eigenvalue weighted by molar-refractivity contribution is 6.04. The molecule has 0 bridgehead atoms. The molecular formula is C29H32N2O5. The van der Waals surface area contributed by atoms with E-state index >= 15 is 0 Å². The number of methoxy groups -OCH3 is 2. The number of rotatable bonds is 8. The predicted molar refractivity (Wildman–Crippen MR) is 139 cm³/mol. The molecule has 188 valence electrons. The molecule has 0 spiro atoms. The third kappa shape index (κ3) is 5.15. The van der Waals surface area contributed by atoms with E-state index in [4.69, 9.17) is 14.2 Å². The zero-order valence-corrected chi connectivity index (χ0v) is 21.1. The summed E-state index contributed by atoms with van der Waals surface area (Å²) in [5, 5.41) is 2.95. The van der Waals surface area contributed by atoms with Gasteiger partial charge in [-0.05, 0) is 54.8 Å². The minimum absolute atomic E-state index is 0.0275. The van der Waals surface area contributed by atoms with Crippen LogP contribution in [0.1, 0.15) is 54.2 Å². The van der Waals surface area contributed by atoms with Crippen LogP contribution in [0.25, 0.3) is 0 Å². The lowest BCUT2D eigenvalue weighted by Crippen LogP contribution is -2.41. The van der Waals surface area contributed by atoms with E-state index in [9.17, 15) is 9.59 Å².